The van der Waals surface area contributed by atoms with Crippen molar-refractivity contribution in [2.24, 2.45) is 5.73 Å². The monoisotopic (exact) mass is 316 g/mol. The van der Waals surface area contributed by atoms with Crippen molar-refractivity contribution in [2.45, 2.75) is 31.9 Å². The zero-order valence-corrected chi connectivity index (χ0v) is 13.3. The third-order valence-corrected chi connectivity index (χ3v) is 4.36. The summed E-state index contributed by atoms with van der Waals surface area (Å²) in [7, 11) is 0. The summed E-state index contributed by atoms with van der Waals surface area (Å²) in [5.74, 6) is 0. The zero-order chi connectivity index (χ0) is 14.5. The highest BCUT2D eigenvalue weighted by atomic mass is 35.5. The summed E-state index contributed by atoms with van der Waals surface area (Å²) < 4.78 is 5.76. The van der Waals surface area contributed by atoms with Crippen LogP contribution in [0, 0.1) is 0 Å². The fourth-order valence-corrected chi connectivity index (χ4v) is 3.40. The van der Waals surface area contributed by atoms with Crippen molar-refractivity contribution < 1.29 is 4.74 Å². The average molecular weight is 317 g/mol. The Kier molecular flexibility index (Phi) is 6.12. The number of piperidine rings is 1. The first-order chi connectivity index (χ1) is 9.65. The summed E-state index contributed by atoms with van der Waals surface area (Å²) in [6, 6.07) is 5.76. The van der Waals surface area contributed by atoms with Crippen LogP contribution in [0.1, 0.15) is 31.4 Å². The Bertz CT molecular complexity index is 440. The van der Waals surface area contributed by atoms with E-state index in [0.29, 0.717) is 22.7 Å². The Morgan fingerprint density at radius 1 is 1.45 bits per heavy atom. The molecule has 112 valence electrons. The molecule has 0 aromatic heterocycles. The van der Waals surface area contributed by atoms with Gasteiger partial charge in [0.25, 0.3) is 0 Å². The first kappa shape index (κ1) is 16.1. The van der Waals surface area contributed by atoms with E-state index in [-0.39, 0.29) is 6.04 Å². The third-order valence-electron chi connectivity index (χ3n) is 3.80. The summed E-state index contributed by atoms with van der Waals surface area (Å²) in [5.41, 5.74) is 7.04. The molecule has 1 aromatic carbocycles. The Morgan fingerprint density at radius 3 is 2.90 bits per heavy atom. The minimum absolute atomic E-state index is 0.128. The van der Waals surface area contributed by atoms with Gasteiger partial charge >= 0.3 is 0 Å². The second kappa shape index (κ2) is 7.62. The lowest BCUT2D eigenvalue weighted by atomic mass is 10.0. The molecule has 1 aliphatic rings. The van der Waals surface area contributed by atoms with Crippen LogP contribution in [0.5, 0.6) is 0 Å². The molecule has 1 saturated heterocycles. The second-order valence-corrected chi connectivity index (χ2v) is 5.98. The first-order valence-corrected chi connectivity index (χ1v) is 7.92. The van der Waals surface area contributed by atoms with Crippen LogP contribution in [0.25, 0.3) is 0 Å². The lowest BCUT2D eigenvalue weighted by molar-refractivity contribution is -0.00658. The number of ether oxygens (including phenoxy) is 1. The van der Waals surface area contributed by atoms with Gasteiger partial charge in [-0.25, -0.2) is 0 Å². The number of rotatable bonds is 5. The molecule has 1 aromatic rings. The molecule has 0 radical (unpaired) electrons. The molecule has 0 aliphatic carbocycles. The Morgan fingerprint density at radius 2 is 2.25 bits per heavy atom. The predicted molar refractivity (Wildman–Crippen MR) is 84.5 cm³/mol. The number of hydrogen-bond donors (Lipinski definition) is 1. The molecular formula is C15H22Cl2N2O. The minimum Gasteiger partial charge on any atom is -0.377 e. The summed E-state index contributed by atoms with van der Waals surface area (Å²) in [6.45, 7) is 5.28. The van der Waals surface area contributed by atoms with Gasteiger partial charge in [-0.1, -0.05) is 29.3 Å². The maximum Gasteiger partial charge on any atom is 0.0702 e. The zero-order valence-electron chi connectivity index (χ0n) is 11.8. The van der Waals surface area contributed by atoms with Gasteiger partial charge in [-0.05, 0) is 44.0 Å². The lowest BCUT2D eigenvalue weighted by Gasteiger charge is -2.38. The smallest absolute Gasteiger partial charge is 0.0702 e. The van der Waals surface area contributed by atoms with Gasteiger partial charge in [0.2, 0.25) is 0 Å². The number of benzene rings is 1. The maximum absolute atomic E-state index is 6.32. The van der Waals surface area contributed by atoms with Crippen LogP contribution in [0.2, 0.25) is 10.0 Å². The van der Waals surface area contributed by atoms with Gasteiger partial charge in [-0.3, -0.25) is 4.90 Å². The number of nitrogens with two attached hydrogens (primary N) is 1. The molecule has 0 amide bonds. The van der Waals surface area contributed by atoms with Gasteiger partial charge in [0.15, 0.2) is 0 Å². The van der Waals surface area contributed by atoms with Gasteiger partial charge in [-0.2, -0.15) is 0 Å². The largest absolute Gasteiger partial charge is 0.377 e. The Labute approximate surface area is 131 Å². The average Bonchev–Trinajstić information content (AvgIpc) is 2.43. The number of halogens is 2. The molecule has 0 bridgehead atoms. The normalized spacial score (nSPS) is 21.9. The number of hydrogen-bond acceptors (Lipinski definition) is 3. The van der Waals surface area contributed by atoms with E-state index in [0.717, 1.165) is 38.1 Å². The maximum atomic E-state index is 6.32. The molecule has 0 spiro atoms. The Hall–Kier alpha value is -0.320. The van der Waals surface area contributed by atoms with E-state index < -0.39 is 0 Å². The molecule has 2 unspecified atom stereocenters. The third kappa shape index (κ3) is 3.86. The highest BCUT2D eigenvalue weighted by molar-refractivity contribution is 6.35. The van der Waals surface area contributed by atoms with Crippen molar-refractivity contribution in [3.05, 3.63) is 33.8 Å². The standard InChI is InChI=1S/C15H22Cl2N2O/c1-2-20-12-4-3-7-19(10-12)15(9-18)13-6-5-11(16)8-14(13)17/h5-6,8,12,15H,2-4,7,9-10,18H2,1H3. The van der Waals surface area contributed by atoms with Crippen LogP contribution in [0.3, 0.4) is 0 Å². The molecule has 5 heteroatoms. The summed E-state index contributed by atoms with van der Waals surface area (Å²) in [4.78, 5) is 2.37. The van der Waals surface area contributed by atoms with Crippen molar-refractivity contribution in [1.29, 1.82) is 0 Å². The van der Waals surface area contributed by atoms with Gasteiger partial charge in [0, 0.05) is 35.8 Å². The van der Waals surface area contributed by atoms with Gasteiger partial charge in [0.1, 0.15) is 0 Å². The molecule has 2 rings (SSSR count). The fraction of sp³-hybridized carbons (Fsp3) is 0.600. The summed E-state index contributed by atoms with van der Waals surface area (Å²) in [6.07, 6.45) is 2.55. The van der Waals surface area contributed by atoms with E-state index in [4.69, 9.17) is 33.7 Å². The van der Waals surface area contributed by atoms with E-state index in [1.54, 1.807) is 6.07 Å². The quantitative estimate of drug-likeness (QED) is 0.903. The topological polar surface area (TPSA) is 38.5 Å². The van der Waals surface area contributed by atoms with Gasteiger partial charge in [0.05, 0.1) is 6.10 Å². The summed E-state index contributed by atoms with van der Waals surface area (Å²) >= 11 is 12.3. The van der Waals surface area contributed by atoms with Crippen LogP contribution in [0.4, 0.5) is 0 Å². The van der Waals surface area contributed by atoms with Crippen LogP contribution < -0.4 is 5.73 Å². The first-order valence-electron chi connectivity index (χ1n) is 7.16. The van der Waals surface area contributed by atoms with E-state index in [1.165, 1.54) is 0 Å². The van der Waals surface area contributed by atoms with Crippen molar-refractivity contribution in [1.82, 2.24) is 4.90 Å². The van der Waals surface area contributed by atoms with Crippen LogP contribution in [-0.2, 0) is 4.74 Å². The molecule has 1 fully saturated rings. The molecule has 20 heavy (non-hydrogen) atoms. The highest BCUT2D eigenvalue weighted by Crippen LogP contribution is 2.31. The molecule has 3 nitrogen and oxygen atoms in total. The fourth-order valence-electron chi connectivity index (χ4n) is 2.87. The molecule has 1 aliphatic heterocycles. The molecule has 2 N–H and O–H groups in total. The van der Waals surface area contributed by atoms with Gasteiger partial charge in [-0.15, -0.1) is 0 Å². The van der Waals surface area contributed by atoms with Crippen molar-refractivity contribution >= 4 is 23.2 Å². The minimum atomic E-state index is 0.128. The Balaban J connectivity index is 2.14. The van der Waals surface area contributed by atoms with Gasteiger partial charge < -0.3 is 10.5 Å². The number of likely N-dealkylation sites (tertiary alicyclic amines) is 1. The SMILES string of the molecule is CCOC1CCCN(C(CN)c2ccc(Cl)cc2Cl)C1. The summed E-state index contributed by atoms with van der Waals surface area (Å²) in [5, 5.41) is 1.34. The van der Waals surface area contributed by atoms with E-state index in [1.807, 2.05) is 19.1 Å². The predicted octanol–water partition coefficient (Wildman–Crippen LogP) is 3.49. The van der Waals surface area contributed by atoms with E-state index in [9.17, 15) is 0 Å². The number of nitrogens with zero attached hydrogens (tertiary/aromatic N) is 1. The highest BCUT2D eigenvalue weighted by Gasteiger charge is 2.27. The second-order valence-electron chi connectivity index (χ2n) is 5.13. The van der Waals surface area contributed by atoms with Crippen molar-refractivity contribution in [2.75, 3.05) is 26.2 Å². The van der Waals surface area contributed by atoms with E-state index in [2.05, 4.69) is 4.90 Å². The van der Waals surface area contributed by atoms with Crippen molar-refractivity contribution in [3.8, 4) is 0 Å². The molecule has 2 atom stereocenters. The van der Waals surface area contributed by atoms with Crippen molar-refractivity contribution in [3.63, 3.8) is 0 Å². The molecule has 1 heterocycles. The van der Waals surface area contributed by atoms with Crippen LogP contribution in [-0.4, -0.2) is 37.2 Å². The van der Waals surface area contributed by atoms with E-state index >= 15 is 0 Å². The molecular weight excluding hydrogens is 295 g/mol. The van der Waals surface area contributed by atoms with Crippen LogP contribution in [0.15, 0.2) is 18.2 Å². The van der Waals surface area contributed by atoms with Crippen LogP contribution >= 0.6 is 23.2 Å². The molecule has 0 saturated carbocycles. The lowest BCUT2D eigenvalue weighted by Crippen LogP contribution is -2.44.